The maximum atomic E-state index is 13.8. The Kier molecular flexibility index (Phi) is 17.9. The smallest absolute Gasteiger partial charge is 0.251 e. The summed E-state index contributed by atoms with van der Waals surface area (Å²) in [7, 11) is 0. The third-order valence-corrected chi connectivity index (χ3v) is 8.73. The molecular weight excluding hydrogens is 711 g/mol. The average molecular weight is 764 g/mol. The predicted molar refractivity (Wildman–Crippen MR) is 212 cm³/mol. The van der Waals surface area contributed by atoms with Crippen molar-refractivity contribution in [3.63, 3.8) is 0 Å². The Morgan fingerprint density at radius 2 is 1.00 bits per heavy atom. The Labute approximate surface area is 329 Å². The molecular formula is C43H53N7O6. The Morgan fingerprint density at radius 3 is 1.38 bits per heavy atom. The number of ether oxygens (including phenoxy) is 2. The van der Waals surface area contributed by atoms with Gasteiger partial charge in [-0.1, -0.05) is 30.3 Å². The number of hydrogen-bond acceptors (Lipinski definition) is 12. The van der Waals surface area contributed by atoms with Crippen molar-refractivity contribution in [2.24, 2.45) is 0 Å². The van der Waals surface area contributed by atoms with Crippen molar-refractivity contribution in [1.82, 2.24) is 35.1 Å². The highest BCUT2D eigenvalue weighted by molar-refractivity contribution is 5.94. The second-order valence-electron chi connectivity index (χ2n) is 13.7. The van der Waals surface area contributed by atoms with E-state index in [-0.39, 0.29) is 32.3 Å². The number of nitrogens with one attached hydrogen (secondary N) is 1. The van der Waals surface area contributed by atoms with E-state index in [0.29, 0.717) is 70.9 Å². The molecule has 0 aliphatic rings. The number of hydrogen-bond donors (Lipinski definition) is 4. The Morgan fingerprint density at radius 1 is 0.589 bits per heavy atom. The van der Waals surface area contributed by atoms with Gasteiger partial charge in [-0.05, 0) is 84.6 Å². The van der Waals surface area contributed by atoms with Crippen LogP contribution in [0.25, 0.3) is 0 Å². The Bertz CT molecular complexity index is 1640. The molecule has 0 fully saturated rings. The van der Waals surface area contributed by atoms with Gasteiger partial charge in [-0.2, -0.15) is 0 Å². The first-order chi connectivity index (χ1) is 27.4. The van der Waals surface area contributed by atoms with E-state index in [9.17, 15) is 15.0 Å². The maximum absolute atomic E-state index is 13.8. The maximum Gasteiger partial charge on any atom is 0.251 e. The molecule has 4 heterocycles. The quantitative estimate of drug-likeness (QED) is 0.0634. The van der Waals surface area contributed by atoms with Crippen molar-refractivity contribution < 1.29 is 29.6 Å². The summed E-state index contributed by atoms with van der Waals surface area (Å²) >= 11 is 0. The van der Waals surface area contributed by atoms with E-state index in [1.54, 1.807) is 24.8 Å². The highest BCUT2D eigenvalue weighted by Gasteiger charge is 2.17. The molecule has 0 saturated heterocycles. The van der Waals surface area contributed by atoms with Crippen molar-refractivity contribution in [3.05, 3.63) is 155 Å². The molecule has 4 N–H and O–H groups in total. The molecule has 1 aromatic carbocycles. The lowest BCUT2D eigenvalue weighted by molar-refractivity contribution is 0.00139. The Hall–Kier alpha value is -4.99. The van der Waals surface area contributed by atoms with Gasteiger partial charge in [0.1, 0.15) is 6.10 Å². The lowest BCUT2D eigenvalue weighted by Gasteiger charge is -2.25. The van der Waals surface area contributed by atoms with E-state index in [0.717, 1.165) is 33.9 Å². The normalized spacial score (nSPS) is 12.5. The highest BCUT2D eigenvalue weighted by Crippen LogP contribution is 2.20. The molecule has 5 rings (SSSR count). The van der Waals surface area contributed by atoms with Gasteiger partial charge in [0.15, 0.2) is 0 Å². The average Bonchev–Trinajstić information content (AvgIpc) is 3.22. The lowest BCUT2D eigenvalue weighted by atomic mass is 10.0. The first kappa shape index (κ1) is 42.2. The van der Waals surface area contributed by atoms with Crippen molar-refractivity contribution >= 4 is 5.91 Å². The number of aliphatic hydroxyl groups is 3. The van der Waals surface area contributed by atoms with Gasteiger partial charge in [-0.25, -0.2) is 0 Å². The van der Waals surface area contributed by atoms with Crippen molar-refractivity contribution in [3.8, 4) is 0 Å². The molecule has 0 saturated carbocycles. The minimum absolute atomic E-state index is 0.0253. The number of unbranched alkanes of at least 4 members (excludes halogenated alkanes) is 1. The van der Waals surface area contributed by atoms with Crippen molar-refractivity contribution in [2.45, 2.75) is 64.3 Å². The molecule has 13 nitrogen and oxygen atoms in total. The Balaban J connectivity index is 1.30. The zero-order valence-corrected chi connectivity index (χ0v) is 31.8. The van der Waals surface area contributed by atoms with Crippen LogP contribution in [0.1, 0.15) is 57.1 Å². The third kappa shape index (κ3) is 15.6. The molecule has 4 aromatic heterocycles. The van der Waals surface area contributed by atoms with Crippen LogP contribution < -0.4 is 5.32 Å². The molecule has 56 heavy (non-hydrogen) atoms. The molecule has 2 atom stereocenters. The molecule has 0 spiro atoms. The van der Waals surface area contributed by atoms with Gasteiger partial charge in [-0.15, -0.1) is 0 Å². The number of benzene rings is 1. The first-order valence-electron chi connectivity index (χ1n) is 19.0. The molecule has 2 unspecified atom stereocenters. The molecule has 13 heteroatoms. The van der Waals surface area contributed by atoms with Gasteiger partial charge in [0.2, 0.25) is 0 Å². The van der Waals surface area contributed by atoms with Gasteiger partial charge >= 0.3 is 0 Å². The van der Waals surface area contributed by atoms with Crippen LogP contribution in [0.15, 0.2) is 116 Å². The monoisotopic (exact) mass is 763 g/mol. The molecule has 0 radical (unpaired) electrons. The summed E-state index contributed by atoms with van der Waals surface area (Å²) in [6.45, 7) is 4.11. The van der Waals surface area contributed by atoms with E-state index < -0.39 is 12.2 Å². The lowest BCUT2D eigenvalue weighted by Crippen LogP contribution is -2.35. The predicted octanol–water partition coefficient (Wildman–Crippen LogP) is 3.93. The standard InChI is InChI=1S/C43H53N7O6/c51-31-42(53)33-56-20-10-9-19-55-32-41(52)24-48-43(54)36-22-34(25-49(27-37-11-1-5-15-44-37)28-38-12-2-6-16-45-38)21-35(23-36)26-50(29-39-13-3-7-17-46-39)30-40-14-4-8-18-47-40/h1-8,11-18,21-23,41-42,51-53H,9-10,19-20,24-33H2,(H,48,54). The number of rotatable bonds is 25. The fourth-order valence-electron chi connectivity index (χ4n) is 6.08. The topological polar surface area (TPSA) is 166 Å². The van der Waals surface area contributed by atoms with Crippen LogP contribution in [-0.4, -0.2) is 103 Å². The van der Waals surface area contributed by atoms with E-state index in [2.05, 4.69) is 41.1 Å². The highest BCUT2D eigenvalue weighted by atomic mass is 16.5. The van der Waals surface area contributed by atoms with Gasteiger partial charge in [0, 0.05) is 89.4 Å². The fraction of sp³-hybridized carbons (Fsp3) is 0.372. The summed E-state index contributed by atoms with van der Waals surface area (Å²) in [6, 6.07) is 29.5. The van der Waals surface area contributed by atoms with Gasteiger partial charge in [0.25, 0.3) is 5.91 Å². The zero-order chi connectivity index (χ0) is 39.2. The van der Waals surface area contributed by atoms with Crippen LogP contribution in [0.5, 0.6) is 0 Å². The van der Waals surface area contributed by atoms with Crippen LogP contribution in [0.3, 0.4) is 0 Å². The van der Waals surface area contributed by atoms with Gasteiger partial charge in [0.05, 0.1) is 48.7 Å². The number of carbonyl (C=O) groups is 1. The molecule has 1 amide bonds. The summed E-state index contributed by atoms with van der Waals surface area (Å²) < 4.78 is 10.9. The van der Waals surface area contributed by atoms with Crippen LogP contribution in [0.2, 0.25) is 0 Å². The SMILES string of the molecule is O=C(NCC(O)COCCCCOCC(O)CO)c1cc(CN(Cc2ccccn2)Cc2ccccn2)cc(CN(Cc2ccccn2)Cc2ccccn2)c1. The number of aromatic nitrogens is 4. The van der Waals surface area contributed by atoms with E-state index in [1.807, 2.05) is 84.9 Å². The fourth-order valence-corrected chi connectivity index (χ4v) is 6.08. The summed E-state index contributed by atoms with van der Waals surface area (Å²) in [6.07, 6.45) is 6.82. The molecule has 0 aliphatic heterocycles. The zero-order valence-electron chi connectivity index (χ0n) is 31.8. The summed E-state index contributed by atoms with van der Waals surface area (Å²) in [5, 5.41) is 31.7. The summed E-state index contributed by atoms with van der Waals surface area (Å²) in [5.41, 5.74) is 6.11. The largest absolute Gasteiger partial charge is 0.394 e. The minimum Gasteiger partial charge on any atom is -0.394 e. The van der Waals surface area contributed by atoms with E-state index in [1.165, 1.54) is 0 Å². The number of carbonyl (C=O) groups excluding carboxylic acids is 1. The van der Waals surface area contributed by atoms with Gasteiger partial charge < -0.3 is 30.1 Å². The number of amides is 1. The second kappa shape index (κ2) is 23.8. The molecule has 0 bridgehead atoms. The van der Waals surface area contributed by atoms with E-state index in [4.69, 9.17) is 14.6 Å². The summed E-state index contributed by atoms with van der Waals surface area (Å²) in [5.74, 6) is -0.295. The van der Waals surface area contributed by atoms with Crippen LogP contribution in [-0.2, 0) is 48.7 Å². The number of aliphatic hydroxyl groups excluding tert-OH is 3. The third-order valence-electron chi connectivity index (χ3n) is 8.73. The summed E-state index contributed by atoms with van der Waals surface area (Å²) in [4.78, 5) is 36.6. The first-order valence-corrected chi connectivity index (χ1v) is 19.0. The van der Waals surface area contributed by atoms with Gasteiger partial charge in [-0.3, -0.25) is 34.5 Å². The van der Waals surface area contributed by atoms with Crippen LogP contribution in [0.4, 0.5) is 0 Å². The number of nitrogens with zero attached hydrogens (tertiary/aromatic N) is 6. The van der Waals surface area contributed by atoms with Crippen LogP contribution >= 0.6 is 0 Å². The van der Waals surface area contributed by atoms with Crippen molar-refractivity contribution in [2.75, 3.05) is 39.6 Å². The molecule has 5 aromatic rings. The van der Waals surface area contributed by atoms with Crippen molar-refractivity contribution in [1.29, 1.82) is 0 Å². The van der Waals surface area contributed by atoms with Crippen LogP contribution in [0, 0.1) is 0 Å². The molecule has 296 valence electrons. The number of pyridine rings is 4. The molecule has 0 aliphatic carbocycles. The minimum atomic E-state index is -0.892. The second-order valence-corrected chi connectivity index (χ2v) is 13.7. The van der Waals surface area contributed by atoms with E-state index >= 15 is 0 Å².